The molecule has 1 amide bonds. The molecular formula is C11H12F2N2O4S. The number of carbonyl (C=O) groups excluding carboxylic acids is 1. The van der Waals surface area contributed by atoms with Crippen LogP contribution >= 0.6 is 0 Å². The summed E-state index contributed by atoms with van der Waals surface area (Å²) >= 11 is 0. The molecule has 0 heterocycles. The van der Waals surface area contributed by atoms with E-state index in [0.29, 0.717) is 24.3 Å². The molecule has 1 atom stereocenters. The highest BCUT2D eigenvalue weighted by atomic mass is 32.2. The topological polar surface area (TPSA) is 89.3 Å². The normalized spacial score (nSPS) is 11.9. The van der Waals surface area contributed by atoms with Gasteiger partial charge in [0.1, 0.15) is 5.82 Å². The summed E-state index contributed by atoms with van der Waals surface area (Å²) < 4.78 is 37.6. The first kappa shape index (κ1) is 16.2. The minimum Gasteiger partial charge on any atom is -0.352 e. The predicted octanol–water partition coefficient (Wildman–Crippen LogP) is 1.37. The second kappa shape index (κ2) is 7.04. The van der Waals surface area contributed by atoms with Crippen LogP contribution in [0.1, 0.15) is 16.8 Å². The van der Waals surface area contributed by atoms with E-state index in [1.54, 1.807) is 0 Å². The third kappa shape index (κ3) is 4.34. The maximum atomic E-state index is 13.7. The zero-order chi connectivity index (χ0) is 15.3. The molecular weight excluding hydrogens is 294 g/mol. The van der Waals surface area contributed by atoms with Crippen molar-refractivity contribution in [2.45, 2.75) is 6.42 Å². The Morgan fingerprint density at radius 1 is 1.45 bits per heavy atom. The number of benzene rings is 1. The largest absolute Gasteiger partial charge is 0.352 e. The molecule has 110 valence electrons. The van der Waals surface area contributed by atoms with Crippen LogP contribution in [0.5, 0.6) is 0 Å². The average molecular weight is 306 g/mol. The Kier molecular flexibility index (Phi) is 5.68. The van der Waals surface area contributed by atoms with E-state index in [-0.39, 0.29) is 6.54 Å². The second-order valence-corrected chi connectivity index (χ2v) is 5.48. The van der Waals surface area contributed by atoms with E-state index in [9.17, 15) is 27.9 Å². The first-order valence-corrected chi connectivity index (χ1v) is 7.27. The Morgan fingerprint density at radius 2 is 2.10 bits per heavy atom. The van der Waals surface area contributed by atoms with Gasteiger partial charge in [0.15, 0.2) is 0 Å². The lowest BCUT2D eigenvalue weighted by Crippen LogP contribution is -2.26. The van der Waals surface area contributed by atoms with Crippen molar-refractivity contribution < 1.29 is 22.7 Å². The highest BCUT2D eigenvalue weighted by Gasteiger charge is 2.23. The molecule has 1 aromatic carbocycles. The fraction of sp³-hybridized carbons (Fsp3) is 0.364. The molecule has 1 unspecified atom stereocenters. The molecule has 0 bridgehead atoms. The number of nitro benzene ring substituents is 1. The third-order valence-corrected chi connectivity index (χ3v) is 3.22. The molecule has 1 rings (SSSR count). The van der Waals surface area contributed by atoms with Gasteiger partial charge < -0.3 is 5.32 Å². The average Bonchev–Trinajstić information content (AvgIpc) is 2.36. The van der Waals surface area contributed by atoms with Crippen LogP contribution in [0.15, 0.2) is 12.1 Å². The van der Waals surface area contributed by atoms with Crippen LogP contribution in [-0.2, 0) is 10.8 Å². The Labute approximate surface area is 115 Å². The Hall–Kier alpha value is -1.90. The van der Waals surface area contributed by atoms with Crippen LogP contribution in [0, 0.1) is 21.7 Å². The van der Waals surface area contributed by atoms with Crippen molar-refractivity contribution in [3.63, 3.8) is 0 Å². The Morgan fingerprint density at radius 3 is 2.65 bits per heavy atom. The van der Waals surface area contributed by atoms with E-state index in [1.807, 2.05) is 0 Å². The molecule has 1 N–H and O–H groups in total. The van der Waals surface area contributed by atoms with Crippen molar-refractivity contribution in [1.82, 2.24) is 5.32 Å². The number of hydrogen-bond donors (Lipinski definition) is 1. The Balaban J connectivity index is 2.82. The zero-order valence-corrected chi connectivity index (χ0v) is 11.3. The van der Waals surface area contributed by atoms with Gasteiger partial charge in [-0.2, -0.15) is 4.39 Å². The van der Waals surface area contributed by atoms with Crippen molar-refractivity contribution in [2.24, 2.45) is 0 Å². The summed E-state index contributed by atoms with van der Waals surface area (Å²) in [4.78, 5) is 21.0. The first-order valence-electron chi connectivity index (χ1n) is 5.54. The summed E-state index contributed by atoms with van der Waals surface area (Å²) in [6.07, 6.45) is 1.89. The minimum atomic E-state index is -1.38. The van der Waals surface area contributed by atoms with Gasteiger partial charge in [-0.15, -0.1) is 0 Å². The van der Waals surface area contributed by atoms with Crippen LogP contribution in [0.3, 0.4) is 0 Å². The lowest BCUT2D eigenvalue weighted by molar-refractivity contribution is -0.387. The van der Waals surface area contributed by atoms with Gasteiger partial charge in [0.05, 0.1) is 16.6 Å². The highest BCUT2D eigenvalue weighted by Crippen LogP contribution is 2.22. The molecule has 0 spiro atoms. The van der Waals surface area contributed by atoms with Gasteiger partial charge >= 0.3 is 5.69 Å². The van der Waals surface area contributed by atoms with Crippen LogP contribution in [0.2, 0.25) is 0 Å². The molecule has 0 fully saturated rings. The standard InChI is InChI=1S/C11H12F2N2O4S/c1-20(19)4-2-3-14-11(16)8-5-7(12)6-9(10(8)13)15(17)18/h5-6H,2-4H2,1H3,(H,14,16). The molecule has 20 heavy (non-hydrogen) atoms. The summed E-state index contributed by atoms with van der Waals surface area (Å²) in [5.74, 6) is -3.05. The highest BCUT2D eigenvalue weighted by molar-refractivity contribution is 7.84. The summed E-state index contributed by atoms with van der Waals surface area (Å²) in [6, 6.07) is 1.00. The number of nitrogens with zero attached hydrogens (tertiary/aromatic N) is 1. The fourth-order valence-electron chi connectivity index (χ4n) is 1.45. The molecule has 0 radical (unpaired) electrons. The summed E-state index contributed by atoms with van der Waals surface area (Å²) in [5, 5.41) is 12.8. The van der Waals surface area contributed by atoms with Gasteiger partial charge in [-0.05, 0) is 12.5 Å². The summed E-state index contributed by atoms with van der Waals surface area (Å²) in [5.41, 5.74) is -1.82. The Bertz CT molecular complexity index is 566. The van der Waals surface area contributed by atoms with Crippen molar-refractivity contribution in [3.05, 3.63) is 39.4 Å². The molecule has 0 aliphatic rings. The summed E-state index contributed by atoms with van der Waals surface area (Å²) in [7, 11) is -1.02. The number of amides is 1. The molecule has 0 aliphatic heterocycles. The smallest absolute Gasteiger partial charge is 0.308 e. The van der Waals surface area contributed by atoms with Crippen LogP contribution in [0.4, 0.5) is 14.5 Å². The van der Waals surface area contributed by atoms with E-state index >= 15 is 0 Å². The van der Waals surface area contributed by atoms with E-state index < -0.39 is 44.5 Å². The van der Waals surface area contributed by atoms with Crippen LogP contribution in [-0.4, -0.2) is 33.6 Å². The first-order chi connectivity index (χ1) is 9.32. The lowest BCUT2D eigenvalue weighted by atomic mass is 10.1. The second-order valence-electron chi connectivity index (χ2n) is 3.93. The van der Waals surface area contributed by atoms with Gasteiger partial charge in [0.25, 0.3) is 5.91 Å². The molecule has 0 aliphatic carbocycles. The monoisotopic (exact) mass is 306 g/mol. The lowest BCUT2D eigenvalue weighted by Gasteiger charge is -2.06. The zero-order valence-electron chi connectivity index (χ0n) is 10.5. The van der Waals surface area contributed by atoms with Gasteiger partial charge in [-0.1, -0.05) is 0 Å². The van der Waals surface area contributed by atoms with Crippen LogP contribution in [0.25, 0.3) is 0 Å². The molecule has 0 aromatic heterocycles. The summed E-state index contributed by atoms with van der Waals surface area (Å²) in [6.45, 7) is 0.113. The SMILES string of the molecule is CS(=O)CCCNC(=O)c1cc(F)cc([N+](=O)[O-])c1F. The van der Waals surface area contributed by atoms with Crippen molar-refractivity contribution in [2.75, 3.05) is 18.6 Å². The van der Waals surface area contributed by atoms with Crippen molar-refractivity contribution in [3.8, 4) is 0 Å². The molecule has 6 nitrogen and oxygen atoms in total. The van der Waals surface area contributed by atoms with Gasteiger partial charge in [0, 0.05) is 29.4 Å². The molecule has 1 aromatic rings. The van der Waals surface area contributed by atoms with E-state index in [2.05, 4.69) is 5.32 Å². The maximum Gasteiger partial charge on any atom is 0.308 e. The minimum absolute atomic E-state index is 0.113. The third-order valence-electron chi connectivity index (χ3n) is 2.35. The number of rotatable bonds is 6. The quantitative estimate of drug-likeness (QED) is 0.488. The molecule has 9 heteroatoms. The van der Waals surface area contributed by atoms with E-state index in [1.165, 1.54) is 6.26 Å². The fourth-order valence-corrected chi connectivity index (χ4v) is 2.00. The van der Waals surface area contributed by atoms with Crippen molar-refractivity contribution in [1.29, 1.82) is 0 Å². The van der Waals surface area contributed by atoms with Gasteiger partial charge in [0.2, 0.25) is 5.82 Å². The predicted molar refractivity (Wildman–Crippen MR) is 68.9 cm³/mol. The molecule has 0 saturated carbocycles. The van der Waals surface area contributed by atoms with E-state index in [0.717, 1.165) is 0 Å². The number of nitrogens with one attached hydrogen (secondary N) is 1. The van der Waals surface area contributed by atoms with Gasteiger partial charge in [-0.25, -0.2) is 4.39 Å². The van der Waals surface area contributed by atoms with Gasteiger partial charge in [-0.3, -0.25) is 19.1 Å². The van der Waals surface area contributed by atoms with Crippen LogP contribution < -0.4 is 5.32 Å². The number of carbonyl (C=O) groups is 1. The number of nitro groups is 1. The number of hydrogen-bond acceptors (Lipinski definition) is 4. The van der Waals surface area contributed by atoms with E-state index in [4.69, 9.17) is 0 Å². The number of halogens is 2. The van der Waals surface area contributed by atoms with Crippen molar-refractivity contribution >= 4 is 22.4 Å². The molecule has 0 saturated heterocycles. The maximum absolute atomic E-state index is 13.7.